The molecule has 0 amide bonds. The third kappa shape index (κ3) is 4.09. The molecule has 0 radical (unpaired) electrons. The standard InChI is InChI=1S/C23H24O5/c1-4-5-9-17-14-20(24)28-21-15(2)19(13-12-18(17)21)27-22(23(25)26-3)16-10-7-6-8-11-16/h6-8,10-14,22H,4-5,9H2,1-3H3/t22-/m0/s1. The summed E-state index contributed by atoms with van der Waals surface area (Å²) < 4.78 is 16.4. The molecule has 0 aliphatic heterocycles. The number of esters is 1. The summed E-state index contributed by atoms with van der Waals surface area (Å²) >= 11 is 0. The van der Waals surface area contributed by atoms with Crippen molar-refractivity contribution in [2.24, 2.45) is 0 Å². The van der Waals surface area contributed by atoms with Crippen molar-refractivity contribution in [3.05, 3.63) is 75.6 Å². The molecule has 0 aliphatic rings. The molecule has 5 nitrogen and oxygen atoms in total. The molecular weight excluding hydrogens is 356 g/mol. The summed E-state index contributed by atoms with van der Waals surface area (Å²) in [5.74, 6) is -0.0219. The van der Waals surface area contributed by atoms with Crippen LogP contribution in [0, 0.1) is 6.92 Å². The number of hydrogen-bond donors (Lipinski definition) is 0. The highest BCUT2D eigenvalue weighted by atomic mass is 16.6. The Kier molecular flexibility index (Phi) is 6.14. The number of hydrogen-bond acceptors (Lipinski definition) is 5. The fourth-order valence-corrected chi connectivity index (χ4v) is 3.22. The maximum atomic E-state index is 12.3. The Morgan fingerprint density at radius 3 is 2.57 bits per heavy atom. The Bertz CT molecular complexity index is 1020. The van der Waals surface area contributed by atoms with Gasteiger partial charge in [0.2, 0.25) is 6.10 Å². The van der Waals surface area contributed by atoms with E-state index in [0.29, 0.717) is 22.5 Å². The number of ether oxygens (including phenoxy) is 2. The van der Waals surface area contributed by atoms with Gasteiger partial charge in [-0.05, 0) is 37.5 Å². The molecule has 146 valence electrons. The molecular formula is C23H24O5. The molecule has 3 rings (SSSR count). The zero-order chi connectivity index (χ0) is 20.1. The molecule has 0 bridgehead atoms. The second-order valence-electron chi connectivity index (χ2n) is 6.69. The van der Waals surface area contributed by atoms with Gasteiger partial charge in [-0.2, -0.15) is 0 Å². The lowest BCUT2D eigenvalue weighted by Gasteiger charge is -2.19. The first-order valence-electron chi connectivity index (χ1n) is 9.41. The molecule has 0 spiro atoms. The Labute approximate surface area is 163 Å². The largest absolute Gasteiger partial charge is 0.474 e. The highest BCUT2D eigenvalue weighted by Crippen LogP contribution is 2.32. The average Bonchev–Trinajstić information content (AvgIpc) is 2.72. The highest BCUT2D eigenvalue weighted by Gasteiger charge is 2.25. The van der Waals surface area contributed by atoms with Gasteiger partial charge in [-0.3, -0.25) is 0 Å². The number of carbonyl (C=O) groups is 1. The van der Waals surface area contributed by atoms with Crippen LogP contribution in [0.1, 0.15) is 42.6 Å². The van der Waals surface area contributed by atoms with Gasteiger partial charge in [-0.15, -0.1) is 0 Å². The predicted octanol–water partition coefficient (Wildman–Crippen LogP) is 4.74. The van der Waals surface area contributed by atoms with Crippen molar-refractivity contribution < 1.29 is 18.7 Å². The molecule has 0 fully saturated rings. The van der Waals surface area contributed by atoms with Crippen LogP contribution in [-0.2, 0) is 16.0 Å². The Morgan fingerprint density at radius 2 is 1.89 bits per heavy atom. The van der Waals surface area contributed by atoms with Crippen LogP contribution in [-0.4, -0.2) is 13.1 Å². The summed E-state index contributed by atoms with van der Waals surface area (Å²) in [4.78, 5) is 24.3. The van der Waals surface area contributed by atoms with Crippen molar-refractivity contribution in [1.82, 2.24) is 0 Å². The molecule has 2 aromatic carbocycles. The first-order chi connectivity index (χ1) is 13.5. The molecule has 0 saturated heterocycles. The van der Waals surface area contributed by atoms with E-state index in [0.717, 1.165) is 30.2 Å². The minimum atomic E-state index is -0.905. The summed E-state index contributed by atoms with van der Waals surface area (Å²) in [6.45, 7) is 3.94. The smallest absolute Gasteiger partial charge is 0.351 e. The minimum Gasteiger partial charge on any atom is -0.474 e. The van der Waals surface area contributed by atoms with E-state index in [9.17, 15) is 9.59 Å². The maximum absolute atomic E-state index is 12.3. The minimum absolute atomic E-state index is 0.383. The highest BCUT2D eigenvalue weighted by molar-refractivity contribution is 5.85. The van der Waals surface area contributed by atoms with E-state index in [1.165, 1.54) is 7.11 Å². The van der Waals surface area contributed by atoms with Gasteiger partial charge in [0, 0.05) is 22.6 Å². The average molecular weight is 380 g/mol. The topological polar surface area (TPSA) is 65.7 Å². The number of benzene rings is 2. The Balaban J connectivity index is 2.04. The van der Waals surface area contributed by atoms with Crippen molar-refractivity contribution in [3.8, 4) is 5.75 Å². The molecule has 0 aliphatic carbocycles. The van der Waals surface area contributed by atoms with Crippen LogP contribution in [0.5, 0.6) is 5.75 Å². The van der Waals surface area contributed by atoms with Gasteiger partial charge < -0.3 is 13.9 Å². The fraction of sp³-hybridized carbons (Fsp3) is 0.304. The van der Waals surface area contributed by atoms with E-state index in [2.05, 4.69) is 6.92 Å². The van der Waals surface area contributed by atoms with E-state index in [-0.39, 0.29) is 5.63 Å². The van der Waals surface area contributed by atoms with Gasteiger partial charge in [0.05, 0.1) is 7.11 Å². The van der Waals surface area contributed by atoms with Crippen molar-refractivity contribution in [1.29, 1.82) is 0 Å². The summed E-state index contributed by atoms with van der Waals surface area (Å²) in [5, 5.41) is 0.896. The fourth-order valence-electron chi connectivity index (χ4n) is 3.22. The summed E-state index contributed by atoms with van der Waals surface area (Å²) in [5.41, 5.74) is 2.44. The summed E-state index contributed by atoms with van der Waals surface area (Å²) in [6.07, 6.45) is 1.94. The predicted molar refractivity (Wildman–Crippen MR) is 108 cm³/mol. The van der Waals surface area contributed by atoms with Crippen molar-refractivity contribution in [2.45, 2.75) is 39.2 Å². The quantitative estimate of drug-likeness (QED) is 0.438. The second kappa shape index (κ2) is 8.74. The van der Waals surface area contributed by atoms with Gasteiger partial charge in [0.25, 0.3) is 0 Å². The molecule has 1 atom stereocenters. The van der Waals surface area contributed by atoms with Gasteiger partial charge in [-0.25, -0.2) is 9.59 Å². The lowest BCUT2D eigenvalue weighted by Crippen LogP contribution is -2.20. The van der Waals surface area contributed by atoms with Crippen LogP contribution in [0.2, 0.25) is 0 Å². The van der Waals surface area contributed by atoms with E-state index in [1.807, 2.05) is 37.3 Å². The molecule has 28 heavy (non-hydrogen) atoms. The molecule has 0 unspecified atom stereocenters. The summed E-state index contributed by atoms with van der Waals surface area (Å²) in [6, 6.07) is 14.4. The van der Waals surface area contributed by atoms with Gasteiger partial charge >= 0.3 is 11.6 Å². The molecule has 0 saturated carbocycles. The monoisotopic (exact) mass is 380 g/mol. The zero-order valence-electron chi connectivity index (χ0n) is 16.4. The number of fused-ring (bicyclic) bond motifs is 1. The van der Waals surface area contributed by atoms with Gasteiger partial charge in [0.1, 0.15) is 11.3 Å². The van der Waals surface area contributed by atoms with E-state index >= 15 is 0 Å². The Morgan fingerprint density at radius 1 is 1.14 bits per heavy atom. The zero-order valence-corrected chi connectivity index (χ0v) is 16.4. The number of methoxy groups -OCH3 is 1. The van der Waals surface area contributed by atoms with Crippen LogP contribution in [0.3, 0.4) is 0 Å². The van der Waals surface area contributed by atoms with Crippen molar-refractivity contribution in [3.63, 3.8) is 0 Å². The molecule has 1 heterocycles. The number of unbranched alkanes of at least 4 members (excludes halogenated alkanes) is 1. The first kappa shape index (κ1) is 19.7. The van der Waals surface area contributed by atoms with E-state index < -0.39 is 12.1 Å². The maximum Gasteiger partial charge on any atom is 0.351 e. The Hall–Kier alpha value is -3.08. The van der Waals surface area contributed by atoms with E-state index in [1.54, 1.807) is 18.2 Å². The van der Waals surface area contributed by atoms with Crippen LogP contribution in [0.15, 0.2) is 57.7 Å². The van der Waals surface area contributed by atoms with Gasteiger partial charge in [-0.1, -0.05) is 43.7 Å². The third-order valence-electron chi connectivity index (χ3n) is 4.76. The molecule has 1 aromatic heterocycles. The normalized spacial score (nSPS) is 12.0. The van der Waals surface area contributed by atoms with Gasteiger partial charge in [0.15, 0.2) is 0 Å². The molecule has 3 aromatic rings. The number of rotatable bonds is 7. The third-order valence-corrected chi connectivity index (χ3v) is 4.76. The van der Waals surface area contributed by atoms with Crippen molar-refractivity contribution in [2.75, 3.05) is 7.11 Å². The van der Waals surface area contributed by atoms with Crippen LogP contribution >= 0.6 is 0 Å². The SMILES string of the molecule is CCCCc1cc(=O)oc2c(C)c(O[C@H](C(=O)OC)c3ccccc3)ccc12. The summed E-state index contributed by atoms with van der Waals surface area (Å²) in [7, 11) is 1.33. The number of carbonyl (C=O) groups excluding carboxylic acids is 1. The van der Waals surface area contributed by atoms with Crippen LogP contribution < -0.4 is 10.4 Å². The molecule has 5 heteroatoms. The van der Waals surface area contributed by atoms with Crippen LogP contribution in [0.4, 0.5) is 0 Å². The van der Waals surface area contributed by atoms with Crippen LogP contribution in [0.25, 0.3) is 11.0 Å². The number of aryl methyl sites for hydroxylation is 2. The van der Waals surface area contributed by atoms with E-state index in [4.69, 9.17) is 13.9 Å². The lowest BCUT2D eigenvalue weighted by atomic mass is 10.0. The first-order valence-corrected chi connectivity index (χ1v) is 9.41. The lowest BCUT2D eigenvalue weighted by molar-refractivity contribution is -0.149. The van der Waals surface area contributed by atoms with Crippen molar-refractivity contribution >= 4 is 16.9 Å². The second-order valence-corrected chi connectivity index (χ2v) is 6.69. The molecule has 0 N–H and O–H groups in total.